The van der Waals surface area contributed by atoms with Gasteiger partial charge in [-0.1, -0.05) is 36.8 Å². The number of aryl methyl sites for hydroxylation is 2. The molecule has 128 valence electrons. The number of benzene rings is 1. The molecule has 1 aromatic heterocycles. The third-order valence-electron chi connectivity index (χ3n) is 4.56. The molecule has 1 aliphatic heterocycles. The number of piperazine rings is 1. The summed E-state index contributed by atoms with van der Waals surface area (Å²) in [4.78, 5) is 14.1. The summed E-state index contributed by atoms with van der Waals surface area (Å²) >= 11 is 0. The van der Waals surface area contributed by atoms with Gasteiger partial charge in [0.05, 0.1) is 0 Å². The number of hydrogen-bond donors (Lipinski definition) is 1. The Morgan fingerprint density at radius 1 is 1.00 bits per heavy atom. The van der Waals surface area contributed by atoms with Gasteiger partial charge in [0.1, 0.15) is 5.82 Å². The average Bonchev–Trinajstić information content (AvgIpc) is 2.61. The maximum absolute atomic E-state index is 4.73. The van der Waals surface area contributed by atoms with Crippen LogP contribution in [0.1, 0.15) is 23.7 Å². The van der Waals surface area contributed by atoms with Crippen LogP contribution in [-0.2, 0) is 6.54 Å². The van der Waals surface area contributed by atoms with Gasteiger partial charge in [0.2, 0.25) is 5.95 Å². The van der Waals surface area contributed by atoms with Gasteiger partial charge in [0.15, 0.2) is 0 Å². The Hall–Kier alpha value is -2.14. The van der Waals surface area contributed by atoms with E-state index in [4.69, 9.17) is 4.98 Å². The molecular weight excluding hydrogens is 298 g/mol. The van der Waals surface area contributed by atoms with Crippen molar-refractivity contribution in [3.63, 3.8) is 0 Å². The van der Waals surface area contributed by atoms with Crippen molar-refractivity contribution < 1.29 is 0 Å². The van der Waals surface area contributed by atoms with Crippen LogP contribution in [0.3, 0.4) is 0 Å². The number of anilines is 2. The molecule has 0 amide bonds. The van der Waals surface area contributed by atoms with Crippen molar-refractivity contribution in [2.45, 2.75) is 27.3 Å². The van der Waals surface area contributed by atoms with Crippen LogP contribution >= 0.6 is 0 Å². The molecule has 0 radical (unpaired) electrons. The minimum atomic E-state index is 0.712. The summed E-state index contributed by atoms with van der Waals surface area (Å²) in [6, 6.07) is 10.6. The highest BCUT2D eigenvalue weighted by molar-refractivity contribution is 5.45. The summed E-state index contributed by atoms with van der Waals surface area (Å²) < 4.78 is 0. The minimum Gasteiger partial charge on any atom is -0.354 e. The summed E-state index contributed by atoms with van der Waals surface area (Å²) in [5, 5.41) is 3.36. The van der Waals surface area contributed by atoms with E-state index in [2.05, 4.69) is 64.3 Å². The van der Waals surface area contributed by atoms with Crippen LogP contribution in [0, 0.1) is 13.8 Å². The molecule has 0 atom stereocenters. The van der Waals surface area contributed by atoms with E-state index in [9.17, 15) is 0 Å². The van der Waals surface area contributed by atoms with E-state index in [-0.39, 0.29) is 0 Å². The lowest BCUT2D eigenvalue weighted by atomic mass is 10.1. The largest absolute Gasteiger partial charge is 0.354 e. The van der Waals surface area contributed by atoms with Gasteiger partial charge in [0, 0.05) is 44.5 Å². The van der Waals surface area contributed by atoms with Crippen molar-refractivity contribution in [2.24, 2.45) is 0 Å². The Bertz CT molecular complexity index is 660. The Kier molecular flexibility index (Phi) is 5.30. The van der Waals surface area contributed by atoms with Crippen LogP contribution in [0.5, 0.6) is 0 Å². The number of hydrogen-bond acceptors (Lipinski definition) is 5. The Morgan fingerprint density at radius 3 is 2.38 bits per heavy atom. The van der Waals surface area contributed by atoms with Gasteiger partial charge in [-0.15, -0.1) is 0 Å². The van der Waals surface area contributed by atoms with Gasteiger partial charge in [-0.05, 0) is 26.0 Å². The topological polar surface area (TPSA) is 44.3 Å². The summed E-state index contributed by atoms with van der Waals surface area (Å²) in [5.41, 5.74) is 3.52. The van der Waals surface area contributed by atoms with E-state index in [1.165, 1.54) is 11.1 Å². The molecule has 0 bridgehead atoms. The Labute approximate surface area is 144 Å². The van der Waals surface area contributed by atoms with Crippen LogP contribution in [0.25, 0.3) is 0 Å². The predicted molar refractivity (Wildman–Crippen MR) is 99.6 cm³/mol. The smallest absolute Gasteiger partial charge is 0.225 e. The van der Waals surface area contributed by atoms with Crippen LogP contribution in [0.15, 0.2) is 30.3 Å². The maximum atomic E-state index is 4.73. The second-order valence-corrected chi connectivity index (χ2v) is 6.45. The lowest BCUT2D eigenvalue weighted by Gasteiger charge is -2.34. The first-order valence-corrected chi connectivity index (χ1v) is 8.76. The maximum Gasteiger partial charge on any atom is 0.225 e. The summed E-state index contributed by atoms with van der Waals surface area (Å²) in [6.07, 6.45) is 0. The van der Waals surface area contributed by atoms with Crippen molar-refractivity contribution in [2.75, 3.05) is 42.9 Å². The van der Waals surface area contributed by atoms with Gasteiger partial charge in [-0.3, -0.25) is 0 Å². The van der Waals surface area contributed by atoms with E-state index in [1.54, 1.807) is 0 Å². The third kappa shape index (κ3) is 4.23. The van der Waals surface area contributed by atoms with Gasteiger partial charge in [0.25, 0.3) is 0 Å². The molecule has 1 aliphatic rings. The first-order valence-electron chi connectivity index (χ1n) is 8.76. The molecule has 2 heterocycles. The first-order chi connectivity index (χ1) is 11.6. The molecule has 5 nitrogen and oxygen atoms in total. The van der Waals surface area contributed by atoms with E-state index >= 15 is 0 Å². The molecule has 0 spiro atoms. The number of rotatable bonds is 5. The molecular formula is C19H27N5. The van der Waals surface area contributed by atoms with E-state index in [0.717, 1.165) is 50.8 Å². The van der Waals surface area contributed by atoms with Gasteiger partial charge in [-0.2, -0.15) is 4.98 Å². The highest BCUT2D eigenvalue weighted by Gasteiger charge is 2.17. The fourth-order valence-corrected chi connectivity index (χ4v) is 2.97. The molecule has 1 fully saturated rings. The molecule has 3 rings (SSSR count). The molecule has 0 saturated carbocycles. The minimum absolute atomic E-state index is 0.712. The highest BCUT2D eigenvalue weighted by Crippen LogP contribution is 2.17. The van der Waals surface area contributed by atoms with Crippen LogP contribution in [-0.4, -0.2) is 47.6 Å². The lowest BCUT2D eigenvalue weighted by molar-refractivity contribution is 0.270. The molecule has 5 heteroatoms. The summed E-state index contributed by atoms with van der Waals surface area (Å²) in [5.74, 6) is 1.74. The van der Waals surface area contributed by atoms with Gasteiger partial charge >= 0.3 is 0 Å². The zero-order valence-electron chi connectivity index (χ0n) is 14.9. The van der Waals surface area contributed by atoms with Crippen molar-refractivity contribution >= 4 is 11.8 Å². The fraction of sp³-hybridized carbons (Fsp3) is 0.474. The van der Waals surface area contributed by atoms with Crippen LogP contribution < -0.4 is 10.2 Å². The van der Waals surface area contributed by atoms with E-state index < -0.39 is 0 Å². The van der Waals surface area contributed by atoms with Gasteiger partial charge in [-0.25, -0.2) is 4.98 Å². The average molecular weight is 325 g/mol. The lowest BCUT2D eigenvalue weighted by Crippen LogP contribution is -2.46. The summed E-state index contributed by atoms with van der Waals surface area (Å²) in [6.45, 7) is 12.5. The quantitative estimate of drug-likeness (QED) is 0.916. The second kappa shape index (κ2) is 7.62. The van der Waals surface area contributed by atoms with Crippen LogP contribution in [0.2, 0.25) is 0 Å². The number of nitrogens with one attached hydrogen (secondary N) is 1. The fourth-order valence-electron chi connectivity index (χ4n) is 2.97. The molecule has 1 saturated heterocycles. The first kappa shape index (κ1) is 16.7. The Balaban J connectivity index is 1.66. The summed E-state index contributed by atoms with van der Waals surface area (Å²) in [7, 11) is 0. The molecule has 1 N–H and O–H groups in total. The van der Waals surface area contributed by atoms with E-state index in [1.807, 2.05) is 6.92 Å². The molecule has 24 heavy (non-hydrogen) atoms. The van der Waals surface area contributed by atoms with Crippen molar-refractivity contribution in [3.8, 4) is 0 Å². The highest BCUT2D eigenvalue weighted by atomic mass is 15.3. The molecule has 2 aromatic rings. The Morgan fingerprint density at radius 2 is 1.71 bits per heavy atom. The normalized spacial score (nSPS) is 15.5. The molecule has 1 aromatic carbocycles. The number of aromatic nitrogens is 2. The van der Waals surface area contributed by atoms with Crippen LogP contribution in [0.4, 0.5) is 11.8 Å². The number of nitrogens with zero attached hydrogens (tertiary/aromatic N) is 4. The molecule has 0 aliphatic carbocycles. The SMILES string of the molecule is CCN1CCN(c2cc(C)nc(NCc3ccc(C)cc3)n2)CC1. The van der Waals surface area contributed by atoms with Crippen molar-refractivity contribution in [1.82, 2.24) is 14.9 Å². The monoisotopic (exact) mass is 325 g/mol. The third-order valence-corrected chi connectivity index (χ3v) is 4.56. The van der Waals surface area contributed by atoms with Crippen molar-refractivity contribution in [3.05, 3.63) is 47.2 Å². The van der Waals surface area contributed by atoms with Gasteiger partial charge < -0.3 is 15.1 Å². The second-order valence-electron chi connectivity index (χ2n) is 6.45. The standard InChI is InChI=1S/C19H27N5/c1-4-23-9-11-24(12-10-23)18-13-16(3)21-19(22-18)20-14-17-7-5-15(2)6-8-17/h5-8,13H,4,9-12,14H2,1-3H3,(H,20,21,22). The van der Waals surface area contributed by atoms with E-state index in [0.29, 0.717) is 5.95 Å². The zero-order chi connectivity index (χ0) is 16.9. The number of likely N-dealkylation sites (N-methyl/N-ethyl adjacent to an activating group) is 1. The zero-order valence-corrected chi connectivity index (χ0v) is 14.9. The predicted octanol–water partition coefficient (Wildman–Crippen LogP) is 2.85. The van der Waals surface area contributed by atoms with Crippen molar-refractivity contribution in [1.29, 1.82) is 0 Å². The molecule has 0 unspecified atom stereocenters.